The van der Waals surface area contributed by atoms with Crippen LogP contribution in [0.25, 0.3) is 0 Å². The molecule has 0 fully saturated rings. The Morgan fingerprint density at radius 1 is 1.39 bits per heavy atom. The van der Waals surface area contributed by atoms with Gasteiger partial charge in [0.15, 0.2) is 10.1 Å². The smallest absolute Gasteiger partial charge is 0.269 e. The Morgan fingerprint density at radius 3 is 2.70 bits per heavy atom. The fraction of sp³-hybridized carbons (Fsp3) is 0.231. The van der Waals surface area contributed by atoms with Gasteiger partial charge < -0.3 is 4.90 Å². The summed E-state index contributed by atoms with van der Waals surface area (Å²) >= 11 is 2.56. The molecule has 0 saturated heterocycles. The van der Waals surface area contributed by atoms with E-state index in [1.807, 2.05) is 14.1 Å². The van der Waals surface area contributed by atoms with E-state index in [0.29, 0.717) is 15.0 Å². The zero-order valence-electron chi connectivity index (χ0n) is 12.4. The summed E-state index contributed by atoms with van der Waals surface area (Å²) in [7, 11) is 3.70. The Labute approximate surface area is 140 Å². The molecule has 0 radical (unpaired) electrons. The SMILES string of the molecule is CN(C)/C=N/c1nnc(SCC(=O)c2ccc([N+](=O)[O-])cc2)s1. The van der Waals surface area contributed by atoms with Crippen molar-refractivity contribution in [2.75, 3.05) is 19.8 Å². The minimum atomic E-state index is -0.500. The highest BCUT2D eigenvalue weighted by Crippen LogP contribution is 2.27. The molecule has 0 aliphatic rings. The van der Waals surface area contributed by atoms with Gasteiger partial charge in [0, 0.05) is 31.8 Å². The lowest BCUT2D eigenvalue weighted by Crippen LogP contribution is -2.06. The summed E-state index contributed by atoms with van der Waals surface area (Å²) in [4.78, 5) is 28.0. The highest BCUT2D eigenvalue weighted by molar-refractivity contribution is 8.01. The third-order valence-electron chi connectivity index (χ3n) is 2.52. The Hall–Kier alpha value is -2.33. The van der Waals surface area contributed by atoms with Crippen LogP contribution in [0.5, 0.6) is 0 Å². The largest absolute Gasteiger partial charge is 0.369 e. The van der Waals surface area contributed by atoms with Gasteiger partial charge in [-0.3, -0.25) is 14.9 Å². The fourth-order valence-corrected chi connectivity index (χ4v) is 3.03. The summed E-state index contributed by atoms with van der Waals surface area (Å²) in [6, 6.07) is 5.54. The molecule has 23 heavy (non-hydrogen) atoms. The zero-order valence-corrected chi connectivity index (χ0v) is 14.0. The number of aromatic nitrogens is 2. The molecule has 0 amide bonds. The molecular weight excluding hydrogens is 338 g/mol. The van der Waals surface area contributed by atoms with E-state index in [1.54, 1.807) is 11.2 Å². The quantitative estimate of drug-likeness (QED) is 0.189. The van der Waals surface area contributed by atoms with E-state index >= 15 is 0 Å². The van der Waals surface area contributed by atoms with Crippen LogP contribution in [0.4, 0.5) is 10.8 Å². The van der Waals surface area contributed by atoms with E-state index in [0.717, 1.165) is 0 Å². The number of carbonyl (C=O) groups excluding carboxylic acids is 1. The number of carbonyl (C=O) groups is 1. The Morgan fingerprint density at radius 2 is 2.09 bits per heavy atom. The van der Waals surface area contributed by atoms with Crippen LogP contribution in [-0.4, -0.2) is 52.0 Å². The molecule has 0 spiro atoms. The standard InChI is InChI=1S/C13H13N5O3S2/c1-17(2)8-14-12-15-16-13(23-12)22-7-11(19)9-3-5-10(6-4-9)18(20)21/h3-6,8H,7H2,1-2H3/b14-8+. The molecular formula is C13H13N5O3S2. The predicted molar refractivity (Wildman–Crippen MR) is 89.9 cm³/mol. The number of rotatable bonds is 7. The highest BCUT2D eigenvalue weighted by atomic mass is 32.2. The predicted octanol–water partition coefficient (Wildman–Crippen LogP) is 2.64. The summed E-state index contributed by atoms with van der Waals surface area (Å²) in [6.45, 7) is 0. The molecule has 0 aliphatic carbocycles. The Kier molecular flexibility index (Phi) is 5.77. The number of aliphatic imine (C=N–C) groups is 1. The summed E-state index contributed by atoms with van der Waals surface area (Å²) in [6.07, 6.45) is 1.62. The van der Waals surface area contributed by atoms with Crippen LogP contribution in [0.2, 0.25) is 0 Å². The van der Waals surface area contributed by atoms with Gasteiger partial charge in [-0.15, -0.1) is 10.2 Å². The molecule has 0 N–H and O–H groups in total. The van der Waals surface area contributed by atoms with E-state index < -0.39 is 4.92 Å². The van der Waals surface area contributed by atoms with Crippen LogP contribution in [0.15, 0.2) is 33.6 Å². The van der Waals surface area contributed by atoms with Crippen LogP contribution in [0.3, 0.4) is 0 Å². The van der Waals surface area contributed by atoms with Gasteiger partial charge in [-0.1, -0.05) is 23.1 Å². The summed E-state index contributed by atoms with van der Waals surface area (Å²) in [5.41, 5.74) is 0.389. The normalized spacial score (nSPS) is 10.9. The van der Waals surface area contributed by atoms with Gasteiger partial charge >= 0.3 is 0 Å². The maximum atomic E-state index is 12.1. The number of Topliss-reactive ketones (excluding diaryl/α,β-unsaturated/α-hetero) is 1. The lowest BCUT2D eigenvalue weighted by molar-refractivity contribution is -0.384. The molecule has 1 heterocycles. The number of nitro groups is 1. The topological polar surface area (TPSA) is 102 Å². The van der Waals surface area contributed by atoms with Crippen LogP contribution >= 0.6 is 23.1 Å². The molecule has 0 atom stereocenters. The second kappa shape index (κ2) is 7.79. The molecule has 0 bridgehead atoms. The van der Waals surface area contributed by atoms with Crippen molar-refractivity contribution in [1.82, 2.24) is 15.1 Å². The second-order valence-electron chi connectivity index (χ2n) is 4.57. The molecule has 1 aromatic carbocycles. The molecule has 8 nitrogen and oxygen atoms in total. The summed E-state index contributed by atoms with van der Waals surface area (Å²) < 4.78 is 0.645. The van der Waals surface area contributed by atoms with Crippen molar-refractivity contribution < 1.29 is 9.72 Å². The number of nitro benzene ring substituents is 1. The van der Waals surface area contributed by atoms with Crippen molar-refractivity contribution in [2.45, 2.75) is 4.34 Å². The van der Waals surface area contributed by atoms with Gasteiger partial charge in [-0.25, -0.2) is 4.99 Å². The molecule has 120 valence electrons. The summed E-state index contributed by atoms with van der Waals surface area (Å²) in [5.74, 6) is 0.0579. The third-order valence-corrected chi connectivity index (χ3v) is 4.49. The van der Waals surface area contributed by atoms with E-state index in [-0.39, 0.29) is 17.2 Å². The van der Waals surface area contributed by atoms with Crippen molar-refractivity contribution in [3.63, 3.8) is 0 Å². The van der Waals surface area contributed by atoms with E-state index in [2.05, 4.69) is 15.2 Å². The van der Waals surface area contributed by atoms with E-state index in [4.69, 9.17) is 0 Å². The summed E-state index contributed by atoms with van der Waals surface area (Å²) in [5, 5.41) is 19.0. The Balaban J connectivity index is 1.92. The first-order valence-corrected chi connectivity index (χ1v) is 8.20. The first-order chi connectivity index (χ1) is 11.0. The number of ketones is 1. The van der Waals surface area contributed by atoms with Gasteiger partial charge in [0.05, 0.1) is 17.0 Å². The van der Waals surface area contributed by atoms with Crippen LogP contribution in [0.1, 0.15) is 10.4 Å². The Bertz CT molecular complexity index is 727. The zero-order chi connectivity index (χ0) is 16.8. The number of hydrogen-bond acceptors (Lipinski definition) is 8. The molecule has 0 unspecified atom stereocenters. The van der Waals surface area contributed by atoms with Crippen molar-refractivity contribution in [3.8, 4) is 0 Å². The lowest BCUT2D eigenvalue weighted by atomic mass is 10.1. The lowest BCUT2D eigenvalue weighted by Gasteiger charge is -1.99. The van der Waals surface area contributed by atoms with Gasteiger partial charge in [0.2, 0.25) is 5.13 Å². The van der Waals surface area contributed by atoms with Gasteiger partial charge in [-0.2, -0.15) is 0 Å². The maximum Gasteiger partial charge on any atom is 0.269 e. The van der Waals surface area contributed by atoms with Crippen molar-refractivity contribution in [1.29, 1.82) is 0 Å². The monoisotopic (exact) mass is 351 g/mol. The van der Waals surface area contributed by atoms with Gasteiger partial charge in [-0.05, 0) is 12.1 Å². The van der Waals surface area contributed by atoms with Gasteiger partial charge in [0.1, 0.15) is 0 Å². The molecule has 2 rings (SSSR count). The maximum absolute atomic E-state index is 12.1. The molecule has 1 aromatic heterocycles. The van der Waals surface area contributed by atoms with Crippen molar-refractivity contribution in [3.05, 3.63) is 39.9 Å². The van der Waals surface area contributed by atoms with Crippen molar-refractivity contribution in [2.24, 2.45) is 4.99 Å². The van der Waals surface area contributed by atoms with Crippen LogP contribution in [0, 0.1) is 10.1 Å². The highest BCUT2D eigenvalue weighted by Gasteiger charge is 2.12. The third kappa shape index (κ3) is 5.11. The molecule has 0 aliphatic heterocycles. The molecule has 10 heteroatoms. The first-order valence-electron chi connectivity index (χ1n) is 6.40. The van der Waals surface area contributed by atoms with Crippen LogP contribution < -0.4 is 0 Å². The number of non-ortho nitro benzene ring substituents is 1. The van der Waals surface area contributed by atoms with E-state index in [9.17, 15) is 14.9 Å². The number of thioether (sulfide) groups is 1. The number of nitrogens with zero attached hydrogens (tertiary/aromatic N) is 5. The minimum Gasteiger partial charge on any atom is -0.369 e. The van der Waals surface area contributed by atoms with Gasteiger partial charge in [0.25, 0.3) is 5.69 Å². The molecule has 2 aromatic rings. The van der Waals surface area contributed by atoms with E-state index in [1.165, 1.54) is 47.4 Å². The van der Waals surface area contributed by atoms with Crippen molar-refractivity contribution >= 4 is 46.0 Å². The average Bonchev–Trinajstić information content (AvgIpc) is 2.98. The number of hydrogen-bond donors (Lipinski definition) is 0. The average molecular weight is 351 g/mol. The number of benzene rings is 1. The second-order valence-corrected chi connectivity index (χ2v) is 6.75. The minimum absolute atomic E-state index is 0.0401. The first kappa shape index (κ1) is 17.0. The fourth-order valence-electron chi connectivity index (χ4n) is 1.46. The molecule has 0 saturated carbocycles. The van der Waals surface area contributed by atoms with Crippen LogP contribution in [-0.2, 0) is 0 Å².